The molecule has 1 saturated heterocycles. The molecule has 1 fully saturated rings. The fraction of sp³-hybridized carbons (Fsp3) is 0.375. The Kier molecular flexibility index (Phi) is 7.23. The van der Waals surface area contributed by atoms with Crippen LogP contribution >= 0.6 is 11.6 Å². The van der Waals surface area contributed by atoms with Gasteiger partial charge in [0.05, 0.1) is 11.6 Å². The van der Waals surface area contributed by atoms with Gasteiger partial charge in [0.25, 0.3) is 5.91 Å². The number of nitrogens with zero attached hydrogens (tertiary/aromatic N) is 4. The third kappa shape index (κ3) is 5.87. The van der Waals surface area contributed by atoms with E-state index in [-0.39, 0.29) is 23.8 Å². The number of aromatic nitrogens is 3. The van der Waals surface area contributed by atoms with Crippen LogP contribution in [0.3, 0.4) is 0 Å². The van der Waals surface area contributed by atoms with E-state index in [1.807, 2.05) is 18.2 Å². The average molecular weight is 475 g/mol. The number of piperidine rings is 1. The van der Waals surface area contributed by atoms with Gasteiger partial charge in [-0.3, -0.25) is 4.79 Å². The average Bonchev–Trinajstić information content (AvgIpc) is 3.36. The van der Waals surface area contributed by atoms with Gasteiger partial charge in [0.15, 0.2) is 5.82 Å². The van der Waals surface area contributed by atoms with Crippen LogP contribution in [-0.4, -0.2) is 50.9 Å². The van der Waals surface area contributed by atoms with E-state index in [1.54, 1.807) is 28.0 Å². The summed E-state index contributed by atoms with van der Waals surface area (Å²) in [7, 11) is 0. The van der Waals surface area contributed by atoms with E-state index in [2.05, 4.69) is 10.1 Å². The van der Waals surface area contributed by atoms with Crippen molar-refractivity contribution in [2.75, 3.05) is 19.7 Å². The molecule has 1 aromatic carbocycles. The molecule has 9 heteroatoms. The molecule has 3 heterocycles. The minimum Gasteiger partial charge on any atom is -0.478 e. The highest BCUT2D eigenvalue weighted by Crippen LogP contribution is 2.32. The highest BCUT2D eigenvalue weighted by molar-refractivity contribution is 6.31. The number of likely N-dealkylation sites (tertiary alicyclic amines) is 1. The normalized spacial score (nSPS) is 15.4. The van der Waals surface area contributed by atoms with E-state index in [1.165, 1.54) is 18.2 Å². The summed E-state index contributed by atoms with van der Waals surface area (Å²) in [5, 5.41) is 4.05. The van der Waals surface area contributed by atoms with E-state index in [4.69, 9.17) is 16.3 Å². The third-order valence-electron chi connectivity index (χ3n) is 5.83. The maximum atomic E-state index is 15.2. The van der Waals surface area contributed by atoms with Gasteiger partial charge in [0, 0.05) is 37.1 Å². The largest absolute Gasteiger partial charge is 0.478 e. The standard InChI is InChI=1S/C24H25ClF2N4O2/c25-19-17-18(7-8-20(19)26)23(32)30-14-10-24(27,11-15-30)9-1-2-16-33-22-6-3-5-21(29-22)31-13-4-12-28-31/h3-8,12-13,17H,1-2,9-11,14-16H2. The van der Waals surface area contributed by atoms with Crippen LogP contribution in [0.15, 0.2) is 54.9 Å². The molecule has 3 aromatic rings. The van der Waals surface area contributed by atoms with Gasteiger partial charge >= 0.3 is 0 Å². The summed E-state index contributed by atoms with van der Waals surface area (Å²) >= 11 is 5.77. The number of alkyl halides is 1. The number of unbranched alkanes of at least 4 members (excludes halogenated alkanes) is 1. The van der Waals surface area contributed by atoms with E-state index in [0.717, 1.165) is 0 Å². The zero-order valence-corrected chi connectivity index (χ0v) is 18.8. The number of pyridine rings is 1. The summed E-state index contributed by atoms with van der Waals surface area (Å²) in [6.45, 7) is 1.09. The van der Waals surface area contributed by atoms with Crippen molar-refractivity contribution < 1.29 is 18.3 Å². The minimum absolute atomic E-state index is 0.0942. The Hall–Kier alpha value is -3.00. The molecule has 1 aliphatic heterocycles. The van der Waals surface area contributed by atoms with Crippen molar-refractivity contribution >= 4 is 17.5 Å². The summed E-state index contributed by atoms with van der Waals surface area (Å²) in [5.74, 6) is 0.354. The van der Waals surface area contributed by atoms with Crippen molar-refractivity contribution in [1.82, 2.24) is 19.7 Å². The first-order valence-electron chi connectivity index (χ1n) is 11.0. The number of rotatable bonds is 8. The van der Waals surface area contributed by atoms with Gasteiger partial charge in [-0.1, -0.05) is 17.7 Å². The molecule has 33 heavy (non-hydrogen) atoms. The molecule has 2 aromatic heterocycles. The minimum atomic E-state index is -1.30. The summed E-state index contributed by atoms with van der Waals surface area (Å²) in [6.07, 6.45) is 5.85. The van der Waals surface area contributed by atoms with Gasteiger partial charge in [-0.25, -0.2) is 13.5 Å². The second-order valence-electron chi connectivity index (χ2n) is 8.16. The highest BCUT2D eigenvalue weighted by Gasteiger charge is 2.35. The molecule has 0 saturated carbocycles. The molecule has 174 valence electrons. The summed E-state index contributed by atoms with van der Waals surface area (Å²) in [6, 6.07) is 11.2. The van der Waals surface area contributed by atoms with Crippen molar-refractivity contribution in [3.8, 4) is 11.7 Å². The molecule has 4 rings (SSSR count). The number of hydrogen-bond donors (Lipinski definition) is 0. The molecular weight excluding hydrogens is 450 g/mol. The molecule has 6 nitrogen and oxygen atoms in total. The van der Waals surface area contributed by atoms with E-state index in [9.17, 15) is 9.18 Å². The van der Waals surface area contributed by atoms with E-state index in [0.29, 0.717) is 56.2 Å². The third-order valence-corrected chi connectivity index (χ3v) is 6.12. The first-order valence-corrected chi connectivity index (χ1v) is 11.3. The Morgan fingerprint density at radius 2 is 1.97 bits per heavy atom. The molecule has 0 radical (unpaired) electrons. The lowest BCUT2D eigenvalue weighted by Gasteiger charge is -2.36. The summed E-state index contributed by atoms with van der Waals surface area (Å²) in [4.78, 5) is 18.6. The van der Waals surface area contributed by atoms with Crippen LogP contribution in [-0.2, 0) is 0 Å². The van der Waals surface area contributed by atoms with Crippen LogP contribution in [0.1, 0.15) is 42.5 Å². The molecule has 1 amide bonds. The number of benzene rings is 1. The predicted molar refractivity (Wildman–Crippen MR) is 121 cm³/mol. The number of carbonyl (C=O) groups is 1. The van der Waals surface area contributed by atoms with Crippen LogP contribution in [0.25, 0.3) is 5.82 Å². The van der Waals surface area contributed by atoms with Gasteiger partial charge in [-0.2, -0.15) is 10.1 Å². The molecular formula is C24H25ClF2N4O2. The zero-order valence-electron chi connectivity index (χ0n) is 18.1. The van der Waals surface area contributed by atoms with Crippen LogP contribution in [0.2, 0.25) is 5.02 Å². The predicted octanol–water partition coefficient (Wildman–Crippen LogP) is 5.25. The quantitative estimate of drug-likeness (QED) is 0.418. The first-order chi connectivity index (χ1) is 15.9. The number of amides is 1. The molecule has 0 spiro atoms. The Morgan fingerprint density at radius 3 is 2.70 bits per heavy atom. The summed E-state index contributed by atoms with van der Waals surface area (Å²) in [5.41, 5.74) is -0.981. The van der Waals surface area contributed by atoms with Gasteiger partial charge in [0.1, 0.15) is 11.5 Å². The molecule has 0 bridgehead atoms. The van der Waals surface area contributed by atoms with Crippen LogP contribution in [0, 0.1) is 5.82 Å². The second-order valence-corrected chi connectivity index (χ2v) is 8.57. The first kappa shape index (κ1) is 23.2. The van der Waals surface area contributed by atoms with Gasteiger partial charge < -0.3 is 9.64 Å². The number of hydrogen-bond acceptors (Lipinski definition) is 4. The van der Waals surface area contributed by atoms with Gasteiger partial charge in [-0.15, -0.1) is 0 Å². The van der Waals surface area contributed by atoms with Crippen molar-refractivity contribution in [3.63, 3.8) is 0 Å². The van der Waals surface area contributed by atoms with Crippen molar-refractivity contribution in [3.05, 3.63) is 71.3 Å². The lowest BCUT2D eigenvalue weighted by atomic mass is 9.88. The Morgan fingerprint density at radius 1 is 1.15 bits per heavy atom. The van der Waals surface area contributed by atoms with Crippen molar-refractivity contribution in [2.24, 2.45) is 0 Å². The van der Waals surface area contributed by atoms with Crippen LogP contribution < -0.4 is 4.74 Å². The lowest BCUT2D eigenvalue weighted by molar-refractivity contribution is 0.0382. The monoisotopic (exact) mass is 474 g/mol. The lowest BCUT2D eigenvalue weighted by Crippen LogP contribution is -2.44. The van der Waals surface area contributed by atoms with Gasteiger partial charge in [-0.05, 0) is 62.4 Å². The SMILES string of the molecule is O=C(c1ccc(F)c(Cl)c1)N1CCC(F)(CCCCOc2cccc(-n3cccn3)n2)CC1. The van der Waals surface area contributed by atoms with E-state index < -0.39 is 11.5 Å². The Bertz CT molecular complexity index is 1090. The van der Waals surface area contributed by atoms with E-state index >= 15 is 4.39 Å². The fourth-order valence-corrected chi connectivity index (χ4v) is 4.09. The van der Waals surface area contributed by atoms with Crippen molar-refractivity contribution in [1.29, 1.82) is 0 Å². The number of carbonyl (C=O) groups excluding carboxylic acids is 1. The smallest absolute Gasteiger partial charge is 0.253 e. The molecule has 1 aliphatic rings. The number of ether oxygens (including phenoxy) is 1. The Labute approximate surface area is 196 Å². The number of halogens is 3. The fourth-order valence-electron chi connectivity index (χ4n) is 3.91. The molecule has 0 unspecified atom stereocenters. The van der Waals surface area contributed by atoms with Crippen LogP contribution in [0.4, 0.5) is 8.78 Å². The second kappa shape index (κ2) is 10.3. The Balaban J connectivity index is 1.19. The maximum absolute atomic E-state index is 15.2. The maximum Gasteiger partial charge on any atom is 0.253 e. The topological polar surface area (TPSA) is 60.2 Å². The molecule has 0 atom stereocenters. The van der Waals surface area contributed by atoms with Gasteiger partial charge in [0.2, 0.25) is 5.88 Å². The highest BCUT2D eigenvalue weighted by atomic mass is 35.5. The summed E-state index contributed by atoms with van der Waals surface area (Å²) < 4.78 is 35.9. The van der Waals surface area contributed by atoms with Crippen molar-refractivity contribution in [2.45, 2.75) is 37.8 Å². The van der Waals surface area contributed by atoms with Crippen LogP contribution in [0.5, 0.6) is 5.88 Å². The molecule has 0 N–H and O–H groups in total. The zero-order chi connectivity index (χ0) is 23.3. The molecule has 0 aliphatic carbocycles.